The molecule has 0 aromatic carbocycles. The molecule has 0 bridgehead atoms. The van der Waals surface area contributed by atoms with Gasteiger partial charge in [0.2, 0.25) is 0 Å². The van der Waals surface area contributed by atoms with Gasteiger partial charge in [-0.2, -0.15) is 0 Å². The van der Waals surface area contributed by atoms with Gasteiger partial charge in [0.1, 0.15) is 0 Å². The van der Waals surface area contributed by atoms with Crippen LogP contribution in [-0.4, -0.2) is 11.2 Å². The second kappa shape index (κ2) is 4.45. The molecule has 2 fully saturated rings. The zero-order valence-electron chi connectivity index (χ0n) is 8.47. The fraction of sp³-hybridized carbons (Fsp3) is 0.917. The van der Waals surface area contributed by atoms with Crippen LogP contribution in [-0.2, 0) is 0 Å². The molecule has 1 nitrogen and oxygen atoms in total. The van der Waals surface area contributed by atoms with E-state index in [9.17, 15) is 5.11 Å². The first kappa shape index (κ1) is 9.51. The highest BCUT2D eigenvalue weighted by Gasteiger charge is 2.27. The maximum atomic E-state index is 9.41. The minimum absolute atomic E-state index is 0.00680. The molecule has 0 atom stereocenters. The van der Waals surface area contributed by atoms with Crippen LogP contribution in [0.3, 0.4) is 0 Å². The maximum absolute atomic E-state index is 9.41. The topological polar surface area (TPSA) is 20.2 Å². The Labute approximate surface area is 81.5 Å². The first-order valence-electron chi connectivity index (χ1n) is 5.89. The summed E-state index contributed by atoms with van der Waals surface area (Å²) in [5.41, 5.74) is 0. The second-order valence-electron chi connectivity index (χ2n) is 4.72. The van der Waals surface area contributed by atoms with Gasteiger partial charge >= 0.3 is 0 Å². The molecule has 1 radical (unpaired) electrons. The molecule has 0 amide bonds. The van der Waals surface area contributed by atoms with Crippen molar-refractivity contribution in [1.29, 1.82) is 0 Å². The average Bonchev–Trinajstić information content (AvgIpc) is 2.20. The van der Waals surface area contributed by atoms with Gasteiger partial charge in [-0.15, -0.1) is 0 Å². The lowest BCUT2D eigenvalue weighted by atomic mass is 9.73. The predicted molar refractivity (Wildman–Crippen MR) is 54.3 cm³/mol. The van der Waals surface area contributed by atoms with Crippen molar-refractivity contribution in [3.63, 3.8) is 0 Å². The number of rotatable bonds is 1. The first-order chi connectivity index (χ1) is 6.36. The summed E-state index contributed by atoms with van der Waals surface area (Å²) < 4.78 is 0. The molecule has 1 heteroatoms. The zero-order chi connectivity index (χ0) is 9.10. The molecule has 0 aliphatic heterocycles. The molecule has 2 aliphatic rings. The molecular formula is C12H21O. The maximum Gasteiger partial charge on any atom is 0.0540 e. The third kappa shape index (κ3) is 2.46. The Kier molecular flexibility index (Phi) is 3.26. The Hall–Kier alpha value is -0.0400. The van der Waals surface area contributed by atoms with Crippen molar-refractivity contribution in [2.75, 3.05) is 0 Å². The second-order valence-corrected chi connectivity index (χ2v) is 4.72. The fourth-order valence-corrected chi connectivity index (χ4v) is 2.89. The number of hydrogen-bond donors (Lipinski definition) is 1. The molecule has 2 saturated carbocycles. The Morgan fingerprint density at radius 2 is 1.46 bits per heavy atom. The summed E-state index contributed by atoms with van der Waals surface area (Å²) in [6, 6.07) is 0. The lowest BCUT2D eigenvalue weighted by Crippen LogP contribution is -2.23. The molecule has 0 spiro atoms. The van der Waals surface area contributed by atoms with E-state index in [2.05, 4.69) is 0 Å². The van der Waals surface area contributed by atoms with Crippen LogP contribution < -0.4 is 0 Å². The molecule has 0 aromatic heterocycles. The van der Waals surface area contributed by atoms with Crippen molar-refractivity contribution in [1.82, 2.24) is 0 Å². The van der Waals surface area contributed by atoms with Crippen LogP contribution in [0.2, 0.25) is 0 Å². The van der Waals surface area contributed by atoms with Gasteiger partial charge in [0, 0.05) is 0 Å². The molecule has 2 rings (SSSR count). The third-order valence-corrected chi connectivity index (χ3v) is 3.78. The normalized spacial score (nSPS) is 29.3. The van der Waals surface area contributed by atoms with Crippen LogP contribution in [0.1, 0.15) is 57.8 Å². The summed E-state index contributed by atoms with van der Waals surface area (Å²) in [5, 5.41) is 9.41. The molecule has 0 aromatic rings. The summed E-state index contributed by atoms with van der Waals surface area (Å²) in [6.07, 6.45) is 11.7. The SMILES string of the molecule is OC1CC[C](C2CCCCC2)CC1. The lowest BCUT2D eigenvalue weighted by Gasteiger charge is -2.33. The molecular weight excluding hydrogens is 160 g/mol. The van der Waals surface area contributed by atoms with Crippen molar-refractivity contribution in [3.8, 4) is 0 Å². The molecule has 0 saturated heterocycles. The largest absolute Gasteiger partial charge is 0.393 e. The van der Waals surface area contributed by atoms with Crippen LogP contribution in [0.15, 0.2) is 0 Å². The standard InChI is InChI=1S/C12H21O/c13-12-8-6-11(7-9-12)10-4-2-1-3-5-10/h10,12-13H,1-9H2. The van der Waals surface area contributed by atoms with Crippen molar-refractivity contribution in [2.45, 2.75) is 63.9 Å². The summed E-state index contributed by atoms with van der Waals surface area (Å²) in [4.78, 5) is 0. The highest BCUT2D eigenvalue weighted by molar-refractivity contribution is 5.00. The van der Waals surface area contributed by atoms with E-state index < -0.39 is 0 Å². The lowest BCUT2D eigenvalue weighted by molar-refractivity contribution is 0.127. The van der Waals surface area contributed by atoms with Gasteiger partial charge in [-0.1, -0.05) is 19.3 Å². The molecule has 2 aliphatic carbocycles. The summed E-state index contributed by atoms with van der Waals surface area (Å²) >= 11 is 0. The third-order valence-electron chi connectivity index (χ3n) is 3.78. The summed E-state index contributed by atoms with van der Waals surface area (Å²) in [6.45, 7) is 0. The van der Waals surface area contributed by atoms with E-state index in [-0.39, 0.29) is 6.10 Å². The average molecular weight is 181 g/mol. The van der Waals surface area contributed by atoms with Gasteiger partial charge < -0.3 is 5.11 Å². The van der Waals surface area contributed by atoms with Gasteiger partial charge in [-0.05, 0) is 50.4 Å². The minimum atomic E-state index is 0.00680. The van der Waals surface area contributed by atoms with Gasteiger partial charge in [0.05, 0.1) is 6.10 Å². The Morgan fingerprint density at radius 1 is 0.846 bits per heavy atom. The van der Waals surface area contributed by atoms with Crippen LogP contribution in [0.4, 0.5) is 0 Å². The van der Waals surface area contributed by atoms with Gasteiger partial charge in [0.25, 0.3) is 0 Å². The molecule has 1 N–H and O–H groups in total. The van der Waals surface area contributed by atoms with E-state index in [0.29, 0.717) is 0 Å². The van der Waals surface area contributed by atoms with Crippen LogP contribution in [0.25, 0.3) is 0 Å². The number of hydrogen-bond acceptors (Lipinski definition) is 1. The van der Waals surface area contributed by atoms with Crippen LogP contribution >= 0.6 is 0 Å². The van der Waals surface area contributed by atoms with E-state index in [1.807, 2.05) is 0 Å². The quantitative estimate of drug-likeness (QED) is 0.659. The van der Waals surface area contributed by atoms with E-state index in [1.54, 1.807) is 5.92 Å². The van der Waals surface area contributed by atoms with Crippen molar-refractivity contribution in [2.24, 2.45) is 5.92 Å². The minimum Gasteiger partial charge on any atom is -0.393 e. The van der Waals surface area contributed by atoms with E-state index in [4.69, 9.17) is 0 Å². The first-order valence-corrected chi connectivity index (χ1v) is 5.89. The van der Waals surface area contributed by atoms with Crippen LogP contribution in [0, 0.1) is 11.8 Å². The Balaban J connectivity index is 1.79. The van der Waals surface area contributed by atoms with Crippen molar-refractivity contribution < 1.29 is 5.11 Å². The molecule has 0 unspecified atom stereocenters. The monoisotopic (exact) mass is 181 g/mol. The highest BCUT2D eigenvalue weighted by Crippen LogP contribution is 2.39. The number of aliphatic hydroxyl groups is 1. The van der Waals surface area contributed by atoms with Gasteiger partial charge in [0.15, 0.2) is 0 Å². The predicted octanol–water partition coefficient (Wildman–Crippen LogP) is 3.08. The summed E-state index contributed by atoms with van der Waals surface area (Å²) in [7, 11) is 0. The van der Waals surface area contributed by atoms with Crippen molar-refractivity contribution >= 4 is 0 Å². The zero-order valence-corrected chi connectivity index (χ0v) is 8.47. The van der Waals surface area contributed by atoms with Gasteiger partial charge in [-0.25, -0.2) is 0 Å². The Morgan fingerprint density at radius 3 is 2.08 bits per heavy atom. The van der Waals surface area contributed by atoms with E-state index in [1.165, 1.54) is 44.9 Å². The molecule has 75 valence electrons. The Bertz CT molecular complexity index is 141. The summed E-state index contributed by atoms with van der Waals surface area (Å²) in [5.74, 6) is 2.71. The van der Waals surface area contributed by atoms with E-state index >= 15 is 0 Å². The highest BCUT2D eigenvalue weighted by atomic mass is 16.3. The van der Waals surface area contributed by atoms with Gasteiger partial charge in [-0.3, -0.25) is 0 Å². The molecule has 13 heavy (non-hydrogen) atoms. The number of aliphatic hydroxyl groups excluding tert-OH is 1. The van der Waals surface area contributed by atoms with Crippen molar-refractivity contribution in [3.05, 3.63) is 5.92 Å². The van der Waals surface area contributed by atoms with Crippen LogP contribution in [0.5, 0.6) is 0 Å². The smallest absolute Gasteiger partial charge is 0.0540 e. The van der Waals surface area contributed by atoms with E-state index in [0.717, 1.165) is 18.8 Å². The molecule has 0 heterocycles. The fourth-order valence-electron chi connectivity index (χ4n) is 2.89.